The van der Waals surface area contributed by atoms with Gasteiger partial charge in [-0.15, -0.1) is 0 Å². The minimum absolute atomic E-state index is 0.251. The van der Waals surface area contributed by atoms with Gasteiger partial charge in [0.1, 0.15) is 5.82 Å². The van der Waals surface area contributed by atoms with Gasteiger partial charge in [0.25, 0.3) is 5.91 Å². The molecule has 2 N–H and O–H groups in total. The first-order chi connectivity index (χ1) is 14.4. The van der Waals surface area contributed by atoms with Gasteiger partial charge in [-0.25, -0.2) is 4.39 Å². The second-order valence-corrected chi connectivity index (χ2v) is 7.86. The molecule has 1 aromatic carbocycles. The third kappa shape index (κ3) is 4.24. The molecule has 9 heteroatoms. The van der Waals surface area contributed by atoms with Crippen LogP contribution in [0.25, 0.3) is 11.3 Å². The zero-order valence-corrected chi connectivity index (χ0v) is 16.9. The van der Waals surface area contributed by atoms with Crippen LogP contribution < -0.4 is 0 Å². The van der Waals surface area contributed by atoms with E-state index in [1.165, 1.54) is 12.1 Å². The minimum atomic E-state index is -0.931. The minimum Gasteiger partial charge on any atom is -0.390 e. The molecule has 2 aromatic rings. The Morgan fingerprint density at radius 2 is 1.87 bits per heavy atom. The largest absolute Gasteiger partial charge is 0.390 e. The number of nitrogens with zero attached hydrogens (tertiary/aromatic N) is 4. The van der Waals surface area contributed by atoms with Crippen molar-refractivity contribution in [3.63, 3.8) is 0 Å². The van der Waals surface area contributed by atoms with E-state index in [2.05, 4.69) is 10.00 Å². The molecule has 0 bridgehead atoms. The number of hydrogen-bond acceptors (Lipinski definition) is 6. The molecule has 0 aliphatic carbocycles. The van der Waals surface area contributed by atoms with E-state index in [1.807, 2.05) is 0 Å². The molecule has 0 spiro atoms. The number of aryl methyl sites for hydroxylation is 1. The molecule has 30 heavy (non-hydrogen) atoms. The third-order valence-corrected chi connectivity index (χ3v) is 5.93. The lowest BCUT2D eigenvalue weighted by Gasteiger charge is -2.38. The van der Waals surface area contributed by atoms with Gasteiger partial charge in [0, 0.05) is 33.2 Å². The molecule has 162 valence electrons. The summed E-state index contributed by atoms with van der Waals surface area (Å²) in [6.45, 7) is 3.06. The Bertz CT molecular complexity index is 882. The van der Waals surface area contributed by atoms with E-state index >= 15 is 0 Å². The molecule has 3 atom stereocenters. The molecule has 2 aliphatic heterocycles. The molecule has 2 fully saturated rings. The van der Waals surface area contributed by atoms with Gasteiger partial charge in [-0.2, -0.15) is 5.10 Å². The second-order valence-electron chi connectivity index (χ2n) is 7.86. The highest BCUT2D eigenvalue weighted by Gasteiger charge is 2.38. The van der Waals surface area contributed by atoms with Gasteiger partial charge in [0.2, 0.25) is 0 Å². The Kier molecular flexibility index (Phi) is 6.14. The van der Waals surface area contributed by atoms with Gasteiger partial charge in [0.15, 0.2) is 5.69 Å². The molecule has 2 aliphatic rings. The van der Waals surface area contributed by atoms with Gasteiger partial charge in [-0.1, -0.05) is 0 Å². The van der Waals surface area contributed by atoms with E-state index in [9.17, 15) is 19.4 Å². The predicted octanol–water partition coefficient (Wildman–Crippen LogP) is 0.495. The van der Waals surface area contributed by atoms with Crippen molar-refractivity contribution in [3.8, 4) is 11.3 Å². The van der Waals surface area contributed by atoms with Crippen LogP contribution in [0.3, 0.4) is 0 Å². The first-order valence-corrected chi connectivity index (χ1v) is 10.2. The van der Waals surface area contributed by atoms with Gasteiger partial charge >= 0.3 is 0 Å². The summed E-state index contributed by atoms with van der Waals surface area (Å²) in [4.78, 5) is 17.0. The van der Waals surface area contributed by atoms with E-state index in [-0.39, 0.29) is 23.5 Å². The summed E-state index contributed by atoms with van der Waals surface area (Å²) >= 11 is 0. The summed E-state index contributed by atoms with van der Waals surface area (Å²) in [5.41, 5.74) is 1.75. The van der Waals surface area contributed by atoms with Crippen molar-refractivity contribution in [2.45, 2.75) is 24.7 Å². The lowest BCUT2D eigenvalue weighted by atomic mass is 10.0. The van der Waals surface area contributed by atoms with Crippen molar-refractivity contribution < 1.29 is 24.1 Å². The van der Waals surface area contributed by atoms with Crippen molar-refractivity contribution in [2.75, 3.05) is 39.4 Å². The van der Waals surface area contributed by atoms with Crippen molar-refractivity contribution >= 4 is 5.91 Å². The molecule has 1 aromatic heterocycles. The molecule has 8 nitrogen and oxygen atoms in total. The van der Waals surface area contributed by atoms with Crippen LogP contribution in [0.4, 0.5) is 4.39 Å². The Morgan fingerprint density at radius 1 is 1.17 bits per heavy atom. The molecular formula is C21H27FN4O4. The van der Waals surface area contributed by atoms with Gasteiger partial charge in [-0.3, -0.25) is 14.4 Å². The van der Waals surface area contributed by atoms with Crippen molar-refractivity contribution in [1.29, 1.82) is 0 Å². The molecule has 0 saturated carbocycles. The lowest BCUT2D eigenvalue weighted by molar-refractivity contribution is -0.0609. The maximum Gasteiger partial charge on any atom is 0.274 e. The number of benzene rings is 1. The van der Waals surface area contributed by atoms with Crippen LogP contribution in [0.5, 0.6) is 0 Å². The first-order valence-electron chi connectivity index (χ1n) is 10.2. The Balaban J connectivity index is 1.56. The highest BCUT2D eigenvalue weighted by Crippen LogP contribution is 2.23. The Hall–Kier alpha value is -2.33. The van der Waals surface area contributed by atoms with Crippen molar-refractivity contribution in [1.82, 2.24) is 19.6 Å². The van der Waals surface area contributed by atoms with Crippen LogP contribution in [0.1, 0.15) is 16.9 Å². The van der Waals surface area contributed by atoms with E-state index in [1.54, 1.807) is 34.8 Å². The number of carbonyl (C=O) groups is 1. The number of hydrogen-bond donors (Lipinski definition) is 2. The fourth-order valence-electron chi connectivity index (χ4n) is 4.19. The number of aliphatic hydroxyl groups excluding tert-OH is 2. The highest BCUT2D eigenvalue weighted by atomic mass is 19.1. The Morgan fingerprint density at radius 3 is 2.57 bits per heavy atom. The highest BCUT2D eigenvalue weighted by molar-refractivity contribution is 5.93. The third-order valence-electron chi connectivity index (χ3n) is 5.93. The van der Waals surface area contributed by atoms with Crippen molar-refractivity contribution in [3.05, 3.63) is 41.8 Å². The first kappa shape index (κ1) is 20.9. The van der Waals surface area contributed by atoms with E-state index in [0.29, 0.717) is 51.5 Å². The molecule has 1 amide bonds. The van der Waals surface area contributed by atoms with Crippen LogP contribution in [-0.4, -0.2) is 93.3 Å². The quantitative estimate of drug-likeness (QED) is 0.754. The summed E-state index contributed by atoms with van der Waals surface area (Å²) in [5, 5.41) is 25.4. The van der Waals surface area contributed by atoms with E-state index in [4.69, 9.17) is 4.74 Å². The van der Waals surface area contributed by atoms with Gasteiger partial charge in [0.05, 0.1) is 37.2 Å². The van der Waals surface area contributed by atoms with Crippen LogP contribution in [0.2, 0.25) is 0 Å². The maximum absolute atomic E-state index is 13.2. The number of amides is 1. The molecule has 3 heterocycles. The number of morpholine rings is 1. The molecule has 4 rings (SSSR count). The van der Waals surface area contributed by atoms with E-state index in [0.717, 1.165) is 5.56 Å². The van der Waals surface area contributed by atoms with Crippen LogP contribution in [0.15, 0.2) is 30.3 Å². The fraction of sp³-hybridized carbons (Fsp3) is 0.524. The number of aromatic nitrogens is 2. The second kappa shape index (κ2) is 8.81. The van der Waals surface area contributed by atoms with Crippen molar-refractivity contribution in [2.24, 2.45) is 7.05 Å². The number of halogens is 1. The fourth-order valence-corrected chi connectivity index (χ4v) is 4.19. The Labute approximate surface area is 174 Å². The van der Waals surface area contributed by atoms with Gasteiger partial charge in [-0.05, 0) is 42.3 Å². The zero-order chi connectivity index (χ0) is 21.3. The summed E-state index contributed by atoms with van der Waals surface area (Å²) < 4.78 is 20.2. The maximum atomic E-state index is 13.2. The van der Waals surface area contributed by atoms with Gasteiger partial charge < -0.3 is 19.8 Å². The van der Waals surface area contributed by atoms with Crippen LogP contribution in [-0.2, 0) is 11.8 Å². The molecular weight excluding hydrogens is 391 g/mol. The SMILES string of the molecule is Cn1nc(C(=O)N2CC[C@@H](O)[C@@H](O)[C@H](N3CCOCC3)C2)cc1-c1ccc(F)cc1. The summed E-state index contributed by atoms with van der Waals surface area (Å²) in [6.07, 6.45) is -1.53. The molecule has 0 radical (unpaired) electrons. The molecule has 0 unspecified atom stereocenters. The summed E-state index contributed by atoms with van der Waals surface area (Å²) in [6, 6.07) is 7.36. The monoisotopic (exact) mass is 418 g/mol. The normalized spacial score (nSPS) is 25.9. The summed E-state index contributed by atoms with van der Waals surface area (Å²) in [5.74, 6) is -0.577. The standard InChI is InChI=1S/C21H27FN4O4/c1-24-17(14-2-4-15(22)5-3-14)12-16(23-24)21(29)26-7-6-19(27)20(28)18(13-26)25-8-10-30-11-9-25/h2-5,12,18-20,27-28H,6-11,13H2,1H3/t18-,19-,20+/m1/s1. The molecule has 2 saturated heterocycles. The zero-order valence-electron chi connectivity index (χ0n) is 16.9. The lowest BCUT2D eigenvalue weighted by Crippen LogP contribution is -2.55. The predicted molar refractivity (Wildman–Crippen MR) is 107 cm³/mol. The topological polar surface area (TPSA) is 91.1 Å². The number of ether oxygens (including phenoxy) is 1. The van der Waals surface area contributed by atoms with Crippen LogP contribution >= 0.6 is 0 Å². The average molecular weight is 418 g/mol. The number of carbonyl (C=O) groups excluding carboxylic acids is 1. The van der Waals surface area contributed by atoms with Crippen LogP contribution in [0, 0.1) is 5.82 Å². The average Bonchev–Trinajstić information content (AvgIpc) is 3.08. The number of rotatable bonds is 3. The number of likely N-dealkylation sites (tertiary alicyclic amines) is 1. The smallest absolute Gasteiger partial charge is 0.274 e. The van der Waals surface area contributed by atoms with E-state index < -0.39 is 12.2 Å². The number of aliphatic hydroxyl groups is 2. The summed E-state index contributed by atoms with van der Waals surface area (Å²) in [7, 11) is 1.74.